The second kappa shape index (κ2) is 9.22. The van der Waals surface area contributed by atoms with Crippen LogP contribution in [0.2, 0.25) is 0 Å². The number of nitrogens with two attached hydrogens (primary N) is 1. The van der Waals surface area contributed by atoms with Crippen molar-refractivity contribution >= 4 is 17.8 Å². The van der Waals surface area contributed by atoms with E-state index in [-0.39, 0.29) is 18.5 Å². The fourth-order valence-electron chi connectivity index (χ4n) is 2.19. The molecule has 0 heterocycles. The molecule has 0 unspecified atom stereocenters. The van der Waals surface area contributed by atoms with Gasteiger partial charge in [0.2, 0.25) is 5.91 Å². The van der Waals surface area contributed by atoms with Gasteiger partial charge in [0.15, 0.2) is 6.61 Å². The molecule has 7 nitrogen and oxygen atoms in total. The minimum atomic E-state index is -0.520. The van der Waals surface area contributed by atoms with Crippen LogP contribution in [0.3, 0.4) is 0 Å². The van der Waals surface area contributed by atoms with Crippen LogP contribution >= 0.6 is 0 Å². The molecular formula is C19H20N2O5. The maximum atomic E-state index is 11.8. The average molecular weight is 356 g/mol. The quantitative estimate of drug-likeness (QED) is 0.694. The summed E-state index contributed by atoms with van der Waals surface area (Å²) < 4.78 is 9.98. The average Bonchev–Trinajstić information content (AvgIpc) is 2.66. The Morgan fingerprint density at radius 2 is 1.58 bits per heavy atom. The second-order valence-electron chi connectivity index (χ2n) is 5.47. The lowest BCUT2D eigenvalue weighted by atomic mass is 10.1. The van der Waals surface area contributed by atoms with Gasteiger partial charge in [-0.3, -0.25) is 9.59 Å². The van der Waals surface area contributed by atoms with E-state index in [2.05, 4.69) is 10.1 Å². The number of hydrogen-bond acceptors (Lipinski definition) is 5. The molecule has 2 aromatic rings. The zero-order valence-corrected chi connectivity index (χ0v) is 14.4. The molecule has 0 aromatic heterocycles. The zero-order valence-electron chi connectivity index (χ0n) is 14.4. The van der Waals surface area contributed by atoms with E-state index in [0.717, 1.165) is 5.56 Å². The molecule has 0 aliphatic heterocycles. The predicted molar refractivity (Wildman–Crippen MR) is 95.0 cm³/mol. The van der Waals surface area contributed by atoms with Crippen molar-refractivity contribution in [2.75, 3.05) is 20.3 Å². The normalized spacial score (nSPS) is 10.0. The first-order chi connectivity index (χ1) is 12.5. The SMILES string of the molecule is COC(=O)c1ccc(CCNC(=O)COc2ccc(C(N)=O)cc2)cc1. The van der Waals surface area contributed by atoms with E-state index in [0.29, 0.717) is 29.8 Å². The highest BCUT2D eigenvalue weighted by atomic mass is 16.5. The van der Waals surface area contributed by atoms with E-state index >= 15 is 0 Å². The van der Waals surface area contributed by atoms with Crippen LogP contribution in [0.4, 0.5) is 0 Å². The lowest BCUT2D eigenvalue weighted by molar-refractivity contribution is -0.123. The molecular weight excluding hydrogens is 336 g/mol. The standard InChI is InChI=1S/C19H20N2O5/c1-25-19(24)15-4-2-13(3-5-15)10-11-21-17(22)12-26-16-8-6-14(7-9-16)18(20)23/h2-9H,10-12H2,1H3,(H2,20,23)(H,21,22). The molecule has 0 spiro atoms. The zero-order chi connectivity index (χ0) is 18.9. The molecule has 0 radical (unpaired) electrons. The fourth-order valence-corrected chi connectivity index (χ4v) is 2.19. The van der Waals surface area contributed by atoms with Gasteiger partial charge in [-0.05, 0) is 48.4 Å². The van der Waals surface area contributed by atoms with Gasteiger partial charge in [0.05, 0.1) is 12.7 Å². The van der Waals surface area contributed by atoms with Crippen molar-refractivity contribution in [3.8, 4) is 5.75 Å². The molecule has 0 saturated heterocycles. The maximum absolute atomic E-state index is 11.8. The van der Waals surface area contributed by atoms with Crippen molar-refractivity contribution in [3.05, 3.63) is 65.2 Å². The molecule has 2 aromatic carbocycles. The van der Waals surface area contributed by atoms with Crippen LogP contribution < -0.4 is 15.8 Å². The number of nitrogens with one attached hydrogen (secondary N) is 1. The van der Waals surface area contributed by atoms with Gasteiger partial charge < -0.3 is 20.5 Å². The lowest BCUT2D eigenvalue weighted by Crippen LogP contribution is -2.30. The molecule has 0 aliphatic carbocycles. The number of esters is 1. The second-order valence-corrected chi connectivity index (χ2v) is 5.47. The van der Waals surface area contributed by atoms with Crippen LogP contribution in [0.5, 0.6) is 5.75 Å². The third kappa shape index (κ3) is 5.62. The minimum Gasteiger partial charge on any atom is -0.484 e. The first-order valence-corrected chi connectivity index (χ1v) is 7.96. The topological polar surface area (TPSA) is 108 Å². The van der Waals surface area contributed by atoms with Crippen molar-refractivity contribution in [2.24, 2.45) is 5.73 Å². The Labute approximate surface area is 151 Å². The summed E-state index contributed by atoms with van der Waals surface area (Å²) in [6.07, 6.45) is 0.625. The number of primary amides is 1. The van der Waals surface area contributed by atoms with Gasteiger partial charge in [-0.15, -0.1) is 0 Å². The Morgan fingerprint density at radius 1 is 0.962 bits per heavy atom. The van der Waals surface area contributed by atoms with E-state index in [9.17, 15) is 14.4 Å². The molecule has 2 amide bonds. The summed E-state index contributed by atoms with van der Waals surface area (Å²) in [4.78, 5) is 34.1. The molecule has 0 atom stereocenters. The van der Waals surface area contributed by atoms with E-state index in [1.807, 2.05) is 12.1 Å². The summed E-state index contributed by atoms with van der Waals surface area (Å²) in [6.45, 7) is 0.317. The summed E-state index contributed by atoms with van der Waals surface area (Å²) in [7, 11) is 1.33. The smallest absolute Gasteiger partial charge is 0.337 e. The van der Waals surface area contributed by atoms with Crippen molar-refractivity contribution in [1.82, 2.24) is 5.32 Å². The van der Waals surface area contributed by atoms with Gasteiger partial charge in [0.25, 0.3) is 5.91 Å². The molecule has 0 saturated carbocycles. The largest absolute Gasteiger partial charge is 0.484 e. The van der Waals surface area contributed by atoms with Crippen LogP contribution in [0, 0.1) is 0 Å². The summed E-state index contributed by atoms with van der Waals surface area (Å²) in [5, 5.41) is 2.75. The number of hydrogen-bond donors (Lipinski definition) is 2. The van der Waals surface area contributed by atoms with Crippen molar-refractivity contribution < 1.29 is 23.9 Å². The molecule has 26 heavy (non-hydrogen) atoms. The molecule has 0 bridgehead atoms. The summed E-state index contributed by atoms with van der Waals surface area (Å²) in [5.41, 5.74) is 7.00. The van der Waals surface area contributed by atoms with E-state index in [1.54, 1.807) is 24.3 Å². The fraction of sp³-hybridized carbons (Fsp3) is 0.211. The van der Waals surface area contributed by atoms with Crippen LogP contribution in [-0.4, -0.2) is 38.0 Å². The number of carbonyl (C=O) groups is 3. The summed E-state index contributed by atoms with van der Waals surface area (Å²) in [5.74, 6) is -0.682. The third-order valence-electron chi connectivity index (χ3n) is 3.62. The van der Waals surface area contributed by atoms with E-state index in [1.165, 1.54) is 19.2 Å². The van der Waals surface area contributed by atoms with E-state index in [4.69, 9.17) is 10.5 Å². The number of rotatable bonds is 8. The van der Waals surface area contributed by atoms with Crippen molar-refractivity contribution in [3.63, 3.8) is 0 Å². The monoisotopic (exact) mass is 356 g/mol. The van der Waals surface area contributed by atoms with Gasteiger partial charge in [-0.25, -0.2) is 4.79 Å². The molecule has 0 aliphatic rings. The number of amides is 2. The van der Waals surface area contributed by atoms with Crippen LogP contribution in [0.1, 0.15) is 26.3 Å². The molecule has 136 valence electrons. The predicted octanol–water partition coefficient (Wildman–Crippen LogP) is 1.31. The van der Waals surface area contributed by atoms with Crippen molar-refractivity contribution in [2.45, 2.75) is 6.42 Å². The highest BCUT2D eigenvalue weighted by Gasteiger charge is 2.06. The lowest BCUT2D eigenvalue weighted by Gasteiger charge is -2.08. The van der Waals surface area contributed by atoms with Gasteiger partial charge in [-0.1, -0.05) is 12.1 Å². The summed E-state index contributed by atoms with van der Waals surface area (Å²) >= 11 is 0. The highest BCUT2D eigenvalue weighted by Crippen LogP contribution is 2.11. The first kappa shape index (κ1) is 19.0. The molecule has 0 fully saturated rings. The Kier molecular flexibility index (Phi) is 6.73. The van der Waals surface area contributed by atoms with Gasteiger partial charge in [-0.2, -0.15) is 0 Å². The van der Waals surface area contributed by atoms with Crippen molar-refractivity contribution in [1.29, 1.82) is 0 Å². The molecule has 3 N–H and O–H groups in total. The highest BCUT2D eigenvalue weighted by molar-refractivity contribution is 5.92. The van der Waals surface area contributed by atoms with E-state index < -0.39 is 5.91 Å². The van der Waals surface area contributed by atoms with Gasteiger partial charge in [0, 0.05) is 12.1 Å². The van der Waals surface area contributed by atoms with Crippen LogP contribution in [0.25, 0.3) is 0 Å². The Morgan fingerprint density at radius 3 is 2.15 bits per heavy atom. The Hall–Kier alpha value is -3.35. The minimum absolute atomic E-state index is 0.128. The number of benzene rings is 2. The molecule has 2 rings (SSSR count). The third-order valence-corrected chi connectivity index (χ3v) is 3.62. The van der Waals surface area contributed by atoms with Crippen LogP contribution in [0.15, 0.2) is 48.5 Å². The maximum Gasteiger partial charge on any atom is 0.337 e. The van der Waals surface area contributed by atoms with Gasteiger partial charge in [0.1, 0.15) is 5.75 Å². The molecule has 7 heteroatoms. The summed E-state index contributed by atoms with van der Waals surface area (Å²) in [6, 6.07) is 13.2. The van der Waals surface area contributed by atoms with Crippen LogP contribution in [-0.2, 0) is 16.0 Å². The first-order valence-electron chi connectivity index (χ1n) is 7.96. The number of carbonyl (C=O) groups excluding carboxylic acids is 3. The number of ether oxygens (including phenoxy) is 2. The Bertz CT molecular complexity index is 770. The Balaban J connectivity index is 1.71. The number of methoxy groups -OCH3 is 1. The van der Waals surface area contributed by atoms with Gasteiger partial charge >= 0.3 is 5.97 Å².